The number of pyridine rings is 1. The fraction of sp³-hybridized carbons (Fsp3) is 0.348. The van der Waals surface area contributed by atoms with Crippen LogP contribution in [0.1, 0.15) is 36.9 Å². The number of carbonyl (C=O) groups excluding carboxylic acids is 4. The minimum atomic E-state index is -1.25. The van der Waals surface area contributed by atoms with Crippen LogP contribution in [-0.4, -0.2) is 47.7 Å². The number of methoxy groups -OCH3 is 1. The van der Waals surface area contributed by atoms with Gasteiger partial charge in [0.15, 0.2) is 5.78 Å². The van der Waals surface area contributed by atoms with Crippen molar-refractivity contribution in [2.75, 3.05) is 7.11 Å². The molecule has 0 aliphatic carbocycles. The molecular formula is C23H29N5O5. The zero-order valence-corrected chi connectivity index (χ0v) is 18.6. The van der Waals surface area contributed by atoms with E-state index in [9.17, 15) is 19.2 Å². The molecule has 3 atom stereocenters. The topological polar surface area (TPSA) is 166 Å². The maximum Gasteiger partial charge on any atom is 0.243 e. The summed E-state index contributed by atoms with van der Waals surface area (Å²) in [6.45, 7) is 1.35. The Kier molecular flexibility index (Phi) is 9.49. The van der Waals surface area contributed by atoms with E-state index in [4.69, 9.17) is 16.2 Å². The van der Waals surface area contributed by atoms with E-state index in [1.807, 2.05) is 0 Å². The van der Waals surface area contributed by atoms with Crippen LogP contribution in [0.5, 0.6) is 5.75 Å². The molecule has 10 nitrogen and oxygen atoms in total. The van der Waals surface area contributed by atoms with Crippen LogP contribution in [-0.2, 0) is 25.6 Å². The molecule has 0 bridgehead atoms. The third-order valence-electron chi connectivity index (χ3n) is 5.00. The van der Waals surface area contributed by atoms with Crippen LogP contribution in [0.3, 0.4) is 0 Å². The molecule has 176 valence electrons. The van der Waals surface area contributed by atoms with E-state index >= 15 is 0 Å². The first-order chi connectivity index (χ1) is 15.7. The number of nitrogens with one attached hydrogen (secondary N) is 2. The van der Waals surface area contributed by atoms with E-state index < -0.39 is 42.3 Å². The zero-order valence-electron chi connectivity index (χ0n) is 18.6. The third-order valence-corrected chi connectivity index (χ3v) is 5.00. The number of hydrogen-bond acceptors (Lipinski definition) is 7. The van der Waals surface area contributed by atoms with Crippen LogP contribution < -0.4 is 26.8 Å². The lowest BCUT2D eigenvalue weighted by Gasteiger charge is -2.22. The minimum absolute atomic E-state index is 0.157. The number of primary amides is 1. The summed E-state index contributed by atoms with van der Waals surface area (Å²) in [5, 5.41) is 5.10. The van der Waals surface area contributed by atoms with Crippen molar-refractivity contribution in [2.45, 2.75) is 44.3 Å². The minimum Gasteiger partial charge on any atom is -0.496 e. The van der Waals surface area contributed by atoms with Gasteiger partial charge in [-0.25, -0.2) is 0 Å². The van der Waals surface area contributed by atoms with Crippen molar-refractivity contribution in [2.24, 2.45) is 11.5 Å². The molecule has 1 aromatic heterocycles. The van der Waals surface area contributed by atoms with Crippen LogP contribution in [0.15, 0.2) is 48.8 Å². The average molecular weight is 456 g/mol. The highest BCUT2D eigenvalue weighted by Gasteiger charge is 2.27. The van der Waals surface area contributed by atoms with Gasteiger partial charge in [0.05, 0.1) is 19.6 Å². The third kappa shape index (κ3) is 8.00. The number of para-hydroxylation sites is 1. The molecule has 0 saturated heterocycles. The van der Waals surface area contributed by atoms with E-state index in [-0.39, 0.29) is 18.6 Å². The van der Waals surface area contributed by atoms with Crippen molar-refractivity contribution in [1.82, 2.24) is 15.6 Å². The van der Waals surface area contributed by atoms with Gasteiger partial charge in [0, 0.05) is 30.4 Å². The largest absolute Gasteiger partial charge is 0.496 e. The van der Waals surface area contributed by atoms with Gasteiger partial charge in [-0.2, -0.15) is 0 Å². The van der Waals surface area contributed by atoms with Crippen LogP contribution >= 0.6 is 0 Å². The van der Waals surface area contributed by atoms with Gasteiger partial charge in [-0.1, -0.05) is 18.2 Å². The summed E-state index contributed by atoms with van der Waals surface area (Å²) in [5.41, 5.74) is 12.8. The van der Waals surface area contributed by atoms with E-state index in [0.717, 1.165) is 5.56 Å². The van der Waals surface area contributed by atoms with Crippen LogP contribution in [0.25, 0.3) is 0 Å². The van der Waals surface area contributed by atoms with Crippen LogP contribution in [0, 0.1) is 0 Å². The molecule has 0 unspecified atom stereocenters. The van der Waals surface area contributed by atoms with Gasteiger partial charge in [0.2, 0.25) is 17.7 Å². The molecule has 1 heterocycles. The highest BCUT2D eigenvalue weighted by molar-refractivity contribution is 5.94. The predicted molar refractivity (Wildman–Crippen MR) is 121 cm³/mol. The number of nitrogens with two attached hydrogens (primary N) is 2. The fourth-order valence-electron chi connectivity index (χ4n) is 3.27. The number of benzene rings is 1. The van der Waals surface area contributed by atoms with Crippen molar-refractivity contribution in [3.05, 3.63) is 59.9 Å². The second-order valence-electron chi connectivity index (χ2n) is 7.57. The average Bonchev–Trinajstić information content (AvgIpc) is 2.78. The molecule has 3 amide bonds. The first-order valence-electron chi connectivity index (χ1n) is 10.4. The molecule has 33 heavy (non-hydrogen) atoms. The first kappa shape index (κ1) is 25.5. The summed E-state index contributed by atoms with van der Waals surface area (Å²) in [5.74, 6) is -1.77. The quantitative estimate of drug-likeness (QED) is 0.353. The summed E-state index contributed by atoms with van der Waals surface area (Å²) in [4.78, 5) is 52.9. The Morgan fingerprint density at radius 1 is 1.00 bits per heavy atom. The van der Waals surface area contributed by atoms with Crippen molar-refractivity contribution in [3.8, 4) is 5.75 Å². The molecule has 0 aliphatic rings. The highest BCUT2D eigenvalue weighted by atomic mass is 16.5. The first-order valence-corrected chi connectivity index (χ1v) is 10.4. The van der Waals surface area contributed by atoms with Gasteiger partial charge >= 0.3 is 0 Å². The normalized spacial score (nSPS) is 13.3. The molecular weight excluding hydrogens is 426 g/mol. The predicted octanol–water partition coefficient (Wildman–Crippen LogP) is 0.157. The Bertz CT molecular complexity index is 982. The molecule has 2 aromatic rings. The summed E-state index contributed by atoms with van der Waals surface area (Å²) in [6.07, 6.45) is 2.81. The Morgan fingerprint density at radius 3 is 2.27 bits per heavy atom. The Morgan fingerprint density at radius 2 is 1.67 bits per heavy atom. The van der Waals surface area contributed by atoms with Gasteiger partial charge < -0.3 is 26.8 Å². The second kappa shape index (κ2) is 12.3. The number of nitrogens with zero attached hydrogens (tertiary/aromatic N) is 1. The fourth-order valence-corrected chi connectivity index (χ4v) is 3.27. The lowest BCUT2D eigenvalue weighted by Crippen LogP contribution is -2.53. The summed E-state index contributed by atoms with van der Waals surface area (Å²) in [6, 6.07) is 7.66. The number of ketones is 1. The Labute approximate surface area is 192 Å². The van der Waals surface area contributed by atoms with Crippen molar-refractivity contribution in [1.29, 1.82) is 0 Å². The lowest BCUT2D eigenvalue weighted by atomic mass is 10.0. The van der Waals surface area contributed by atoms with E-state index in [0.29, 0.717) is 11.3 Å². The Balaban J connectivity index is 2.07. The number of aromatic nitrogens is 1. The maximum absolute atomic E-state index is 12.8. The molecule has 10 heteroatoms. The highest BCUT2D eigenvalue weighted by Crippen LogP contribution is 2.25. The lowest BCUT2D eigenvalue weighted by molar-refractivity contribution is -0.132. The second-order valence-corrected chi connectivity index (χ2v) is 7.57. The molecule has 1 aromatic carbocycles. The molecule has 0 spiro atoms. The maximum atomic E-state index is 12.8. The molecule has 0 fully saturated rings. The van der Waals surface area contributed by atoms with E-state index in [1.165, 1.54) is 14.0 Å². The molecule has 0 aliphatic heterocycles. The molecule has 6 N–H and O–H groups in total. The Hall–Kier alpha value is -3.79. The number of ether oxygens (including phenoxy) is 1. The SMILES string of the molecule is COc1ccccc1[C@@H](N)CC(=O)N[C@@H](CC(N)=O)C(=O)N[C@@H](Cc1ccncc1)C(C)=O. The van der Waals surface area contributed by atoms with Crippen molar-refractivity contribution in [3.63, 3.8) is 0 Å². The molecule has 2 rings (SSSR count). The van der Waals surface area contributed by atoms with Crippen LogP contribution in [0.2, 0.25) is 0 Å². The molecule has 0 radical (unpaired) electrons. The summed E-state index contributed by atoms with van der Waals surface area (Å²) < 4.78 is 5.26. The van der Waals surface area contributed by atoms with Gasteiger partial charge in [0.25, 0.3) is 0 Å². The van der Waals surface area contributed by atoms with Gasteiger partial charge in [0.1, 0.15) is 11.8 Å². The number of Topliss-reactive ketones (excluding diaryl/α,β-unsaturated/α-hetero) is 1. The zero-order chi connectivity index (χ0) is 24.4. The van der Waals surface area contributed by atoms with E-state index in [2.05, 4.69) is 15.6 Å². The standard InChI is InChI=1S/C23H29N5O5/c1-14(29)18(11-15-7-9-26-10-8-15)28-23(32)19(13-21(25)30)27-22(31)12-17(24)16-5-3-4-6-20(16)33-2/h3-10,17-19H,11-13,24H2,1-2H3,(H2,25,30)(H,27,31)(H,28,32)/t17-,18-,19-/m0/s1. The number of amides is 3. The summed E-state index contributed by atoms with van der Waals surface area (Å²) in [7, 11) is 1.50. The number of hydrogen-bond donors (Lipinski definition) is 4. The molecule has 0 saturated carbocycles. The van der Waals surface area contributed by atoms with Gasteiger partial charge in [-0.3, -0.25) is 24.2 Å². The summed E-state index contributed by atoms with van der Waals surface area (Å²) >= 11 is 0. The van der Waals surface area contributed by atoms with Gasteiger partial charge in [-0.15, -0.1) is 0 Å². The van der Waals surface area contributed by atoms with Gasteiger partial charge in [-0.05, 0) is 37.1 Å². The van der Waals surface area contributed by atoms with Crippen molar-refractivity contribution >= 4 is 23.5 Å². The van der Waals surface area contributed by atoms with E-state index in [1.54, 1.807) is 48.8 Å². The van der Waals surface area contributed by atoms with Crippen LogP contribution in [0.4, 0.5) is 0 Å². The number of rotatable bonds is 12. The monoisotopic (exact) mass is 455 g/mol. The number of carbonyl (C=O) groups is 4. The van der Waals surface area contributed by atoms with Crippen molar-refractivity contribution < 1.29 is 23.9 Å². The smallest absolute Gasteiger partial charge is 0.243 e.